The van der Waals surface area contributed by atoms with Crippen molar-refractivity contribution in [2.24, 2.45) is 5.41 Å². The summed E-state index contributed by atoms with van der Waals surface area (Å²) < 4.78 is 4.97. The first-order chi connectivity index (χ1) is 8.49. The standard InChI is InChI=1S/C12H22O6/c1-2-12(7-13,8-14)9-18-11(17)6-4-3-5-10(15)16/h13-14H,2-9H2,1H3,(H,15,16)/p-1. The maximum Gasteiger partial charge on any atom is 0.305 e. The Morgan fingerprint density at radius 1 is 1.17 bits per heavy atom. The van der Waals surface area contributed by atoms with Crippen molar-refractivity contribution in [3.05, 3.63) is 0 Å². The van der Waals surface area contributed by atoms with Crippen LogP contribution in [-0.2, 0) is 14.3 Å². The molecule has 0 aliphatic heterocycles. The van der Waals surface area contributed by atoms with Gasteiger partial charge in [0.25, 0.3) is 0 Å². The van der Waals surface area contributed by atoms with Gasteiger partial charge in [0.05, 0.1) is 18.6 Å². The number of ether oxygens (including phenoxy) is 1. The van der Waals surface area contributed by atoms with E-state index >= 15 is 0 Å². The molecule has 0 rings (SSSR count). The largest absolute Gasteiger partial charge is 0.550 e. The molecule has 0 spiro atoms. The lowest BCUT2D eigenvalue weighted by atomic mass is 9.88. The van der Waals surface area contributed by atoms with Gasteiger partial charge in [-0.2, -0.15) is 0 Å². The molecule has 0 saturated carbocycles. The molecule has 0 fully saturated rings. The van der Waals surface area contributed by atoms with Gasteiger partial charge in [-0.1, -0.05) is 6.92 Å². The molecular weight excluding hydrogens is 240 g/mol. The lowest BCUT2D eigenvalue weighted by Gasteiger charge is -2.27. The molecule has 106 valence electrons. The lowest BCUT2D eigenvalue weighted by molar-refractivity contribution is -0.305. The Hall–Kier alpha value is -1.14. The average molecular weight is 261 g/mol. The highest BCUT2D eigenvalue weighted by atomic mass is 16.5. The number of carbonyl (C=O) groups excluding carboxylic acids is 2. The zero-order valence-electron chi connectivity index (χ0n) is 10.7. The molecule has 6 heteroatoms. The fourth-order valence-electron chi connectivity index (χ4n) is 1.31. The molecule has 0 bridgehead atoms. The van der Waals surface area contributed by atoms with Gasteiger partial charge in [-0.3, -0.25) is 4.79 Å². The number of carbonyl (C=O) groups is 2. The van der Waals surface area contributed by atoms with E-state index in [9.17, 15) is 14.7 Å². The minimum atomic E-state index is -1.13. The second kappa shape index (κ2) is 8.88. The number of carboxylic acids is 1. The Bertz CT molecular complexity index is 251. The number of unbranched alkanes of at least 4 members (excludes halogenated alkanes) is 1. The molecule has 0 aliphatic rings. The zero-order valence-corrected chi connectivity index (χ0v) is 10.7. The Morgan fingerprint density at radius 2 is 1.72 bits per heavy atom. The minimum absolute atomic E-state index is 0.0319. The molecule has 0 amide bonds. The average Bonchev–Trinajstić information content (AvgIpc) is 2.37. The van der Waals surface area contributed by atoms with Crippen LogP contribution in [0.4, 0.5) is 0 Å². The molecule has 0 heterocycles. The SMILES string of the molecule is CCC(CO)(CO)COC(=O)CCCCC(=O)[O-]. The van der Waals surface area contributed by atoms with Gasteiger partial charge in [0.2, 0.25) is 0 Å². The minimum Gasteiger partial charge on any atom is -0.550 e. The molecule has 2 N–H and O–H groups in total. The molecular formula is C12H21O6-. The van der Waals surface area contributed by atoms with Gasteiger partial charge in [-0.25, -0.2) is 0 Å². The normalized spacial score (nSPS) is 11.3. The third-order valence-corrected chi connectivity index (χ3v) is 2.97. The van der Waals surface area contributed by atoms with E-state index in [0.717, 1.165) is 0 Å². The molecule has 0 aromatic carbocycles. The second-order valence-electron chi connectivity index (χ2n) is 4.41. The molecule has 18 heavy (non-hydrogen) atoms. The van der Waals surface area contributed by atoms with E-state index in [-0.39, 0.29) is 32.7 Å². The number of aliphatic hydroxyl groups is 2. The summed E-state index contributed by atoms with van der Waals surface area (Å²) in [5.74, 6) is -1.58. The Labute approximate surface area is 107 Å². The number of hydrogen-bond acceptors (Lipinski definition) is 6. The number of aliphatic hydroxyl groups excluding tert-OH is 2. The molecule has 0 unspecified atom stereocenters. The van der Waals surface area contributed by atoms with Crippen molar-refractivity contribution in [3.63, 3.8) is 0 Å². The van der Waals surface area contributed by atoms with Crippen LogP contribution in [-0.4, -0.2) is 42.0 Å². The topological polar surface area (TPSA) is 107 Å². The van der Waals surface area contributed by atoms with Gasteiger partial charge in [0, 0.05) is 12.4 Å². The highest BCUT2D eigenvalue weighted by Crippen LogP contribution is 2.21. The number of rotatable bonds is 10. The van der Waals surface area contributed by atoms with Crippen LogP contribution >= 0.6 is 0 Å². The van der Waals surface area contributed by atoms with Crippen molar-refractivity contribution in [2.75, 3.05) is 19.8 Å². The van der Waals surface area contributed by atoms with Crippen molar-refractivity contribution in [1.82, 2.24) is 0 Å². The van der Waals surface area contributed by atoms with Gasteiger partial charge in [0.15, 0.2) is 0 Å². The first-order valence-electron chi connectivity index (χ1n) is 6.07. The molecule has 0 saturated heterocycles. The van der Waals surface area contributed by atoms with Crippen LogP contribution in [0.25, 0.3) is 0 Å². The summed E-state index contributed by atoms with van der Waals surface area (Å²) in [6.07, 6.45) is 1.35. The van der Waals surface area contributed by atoms with Crippen LogP contribution in [0.3, 0.4) is 0 Å². The summed E-state index contributed by atoms with van der Waals surface area (Å²) >= 11 is 0. The van der Waals surface area contributed by atoms with E-state index in [1.54, 1.807) is 6.92 Å². The Balaban J connectivity index is 3.84. The van der Waals surface area contributed by atoms with Crippen LogP contribution in [0.15, 0.2) is 0 Å². The lowest BCUT2D eigenvalue weighted by Crippen LogP contribution is -2.35. The van der Waals surface area contributed by atoms with Gasteiger partial charge >= 0.3 is 5.97 Å². The number of esters is 1. The number of aliphatic carboxylic acids is 1. The zero-order chi connectivity index (χ0) is 14.0. The van der Waals surface area contributed by atoms with E-state index in [1.807, 2.05) is 0 Å². The maximum absolute atomic E-state index is 11.3. The second-order valence-corrected chi connectivity index (χ2v) is 4.41. The summed E-state index contributed by atoms with van der Waals surface area (Å²) in [6.45, 7) is 1.26. The van der Waals surface area contributed by atoms with Crippen molar-refractivity contribution >= 4 is 11.9 Å². The summed E-state index contributed by atoms with van der Waals surface area (Å²) in [5.41, 5.74) is -0.791. The van der Waals surface area contributed by atoms with E-state index in [4.69, 9.17) is 14.9 Å². The van der Waals surface area contributed by atoms with Crippen LogP contribution in [0.5, 0.6) is 0 Å². The quantitative estimate of drug-likeness (QED) is 0.394. The van der Waals surface area contributed by atoms with Gasteiger partial charge in [-0.15, -0.1) is 0 Å². The predicted octanol–water partition coefficient (Wildman–Crippen LogP) is -0.779. The monoisotopic (exact) mass is 261 g/mol. The third-order valence-electron chi connectivity index (χ3n) is 2.97. The summed E-state index contributed by atoms with van der Waals surface area (Å²) in [4.78, 5) is 21.5. The Kier molecular flexibility index (Phi) is 8.32. The first-order valence-corrected chi connectivity index (χ1v) is 6.07. The Morgan fingerprint density at radius 3 is 2.17 bits per heavy atom. The van der Waals surface area contributed by atoms with Crippen LogP contribution < -0.4 is 5.11 Å². The van der Waals surface area contributed by atoms with E-state index in [2.05, 4.69) is 0 Å². The molecule has 0 aromatic heterocycles. The van der Waals surface area contributed by atoms with Crippen molar-refractivity contribution in [2.45, 2.75) is 39.0 Å². The highest BCUT2D eigenvalue weighted by Gasteiger charge is 2.28. The molecule has 0 atom stereocenters. The van der Waals surface area contributed by atoms with Crippen LogP contribution in [0.1, 0.15) is 39.0 Å². The van der Waals surface area contributed by atoms with Crippen LogP contribution in [0, 0.1) is 5.41 Å². The number of hydrogen-bond donors (Lipinski definition) is 2. The van der Waals surface area contributed by atoms with E-state index < -0.39 is 17.4 Å². The van der Waals surface area contributed by atoms with Crippen LogP contribution in [0.2, 0.25) is 0 Å². The maximum atomic E-state index is 11.3. The van der Waals surface area contributed by atoms with Crippen molar-refractivity contribution in [1.29, 1.82) is 0 Å². The van der Waals surface area contributed by atoms with E-state index in [1.165, 1.54) is 0 Å². The van der Waals surface area contributed by atoms with Crippen molar-refractivity contribution < 1.29 is 29.6 Å². The van der Waals surface area contributed by atoms with E-state index in [0.29, 0.717) is 19.3 Å². The summed E-state index contributed by atoms with van der Waals surface area (Å²) in [7, 11) is 0. The third kappa shape index (κ3) is 6.56. The highest BCUT2D eigenvalue weighted by molar-refractivity contribution is 5.69. The fraction of sp³-hybridized carbons (Fsp3) is 0.833. The predicted molar refractivity (Wildman–Crippen MR) is 61.3 cm³/mol. The van der Waals surface area contributed by atoms with Gasteiger partial charge in [0.1, 0.15) is 6.61 Å². The molecule has 0 aliphatic carbocycles. The molecule has 0 radical (unpaired) electrons. The number of carboxylic acid groups (broad SMARTS) is 1. The smallest absolute Gasteiger partial charge is 0.305 e. The van der Waals surface area contributed by atoms with Crippen molar-refractivity contribution in [3.8, 4) is 0 Å². The summed E-state index contributed by atoms with van der Waals surface area (Å²) in [6, 6.07) is 0. The fourth-order valence-corrected chi connectivity index (χ4v) is 1.31. The molecule has 0 aromatic rings. The summed E-state index contributed by atoms with van der Waals surface area (Å²) in [5, 5.41) is 28.4. The molecule has 6 nitrogen and oxygen atoms in total. The van der Waals surface area contributed by atoms with Gasteiger partial charge < -0.3 is 24.9 Å². The first kappa shape index (κ1) is 16.9. The van der Waals surface area contributed by atoms with Gasteiger partial charge in [-0.05, 0) is 25.7 Å².